The fourth-order valence-corrected chi connectivity index (χ4v) is 4.92. The number of ether oxygens (including phenoxy) is 2. The SMILES string of the molecule is COC(=O)C1CCC(CNC(=O)c2cc(Cl)cc3ccn(CCOc4ccc(Cl)cc4)c23)CC1. The summed E-state index contributed by atoms with van der Waals surface area (Å²) in [6, 6.07) is 12.8. The summed E-state index contributed by atoms with van der Waals surface area (Å²) in [5.74, 6) is 0.775. The molecule has 2 aromatic carbocycles. The van der Waals surface area contributed by atoms with Crippen molar-refractivity contribution in [1.29, 1.82) is 0 Å². The monoisotopic (exact) mass is 502 g/mol. The molecule has 0 atom stereocenters. The lowest BCUT2D eigenvalue weighted by molar-refractivity contribution is -0.146. The van der Waals surface area contributed by atoms with Crippen molar-refractivity contribution in [3.8, 4) is 5.75 Å². The first-order valence-electron chi connectivity index (χ1n) is 11.5. The summed E-state index contributed by atoms with van der Waals surface area (Å²) >= 11 is 12.2. The quantitative estimate of drug-likeness (QED) is 0.399. The maximum atomic E-state index is 13.1. The van der Waals surface area contributed by atoms with E-state index in [9.17, 15) is 9.59 Å². The van der Waals surface area contributed by atoms with E-state index >= 15 is 0 Å². The zero-order valence-electron chi connectivity index (χ0n) is 19.1. The molecule has 3 aromatic rings. The number of hydrogen-bond donors (Lipinski definition) is 1. The summed E-state index contributed by atoms with van der Waals surface area (Å²) in [6.45, 7) is 1.59. The second-order valence-corrected chi connectivity index (χ2v) is 9.53. The average molecular weight is 503 g/mol. The van der Waals surface area contributed by atoms with Gasteiger partial charge in [-0.3, -0.25) is 9.59 Å². The van der Waals surface area contributed by atoms with Gasteiger partial charge in [-0.2, -0.15) is 0 Å². The van der Waals surface area contributed by atoms with Gasteiger partial charge < -0.3 is 19.4 Å². The first kappa shape index (κ1) is 24.4. The van der Waals surface area contributed by atoms with Crippen LogP contribution in [-0.2, 0) is 16.1 Å². The molecule has 34 heavy (non-hydrogen) atoms. The van der Waals surface area contributed by atoms with Crippen LogP contribution in [-0.4, -0.2) is 36.7 Å². The Kier molecular flexibility index (Phi) is 8.01. The number of halogens is 2. The molecule has 0 spiro atoms. The molecular weight excluding hydrogens is 475 g/mol. The van der Waals surface area contributed by atoms with Crippen molar-refractivity contribution in [2.75, 3.05) is 20.3 Å². The molecule has 180 valence electrons. The molecule has 1 aliphatic rings. The third-order valence-electron chi connectivity index (χ3n) is 6.42. The van der Waals surface area contributed by atoms with E-state index in [1.807, 2.05) is 35.0 Å². The highest BCUT2D eigenvalue weighted by molar-refractivity contribution is 6.32. The molecule has 0 aliphatic heterocycles. The number of esters is 1. The number of hydrogen-bond acceptors (Lipinski definition) is 4. The summed E-state index contributed by atoms with van der Waals surface area (Å²) in [5.41, 5.74) is 1.37. The van der Waals surface area contributed by atoms with Crippen LogP contribution in [0.2, 0.25) is 10.0 Å². The average Bonchev–Trinajstić information content (AvgIpc) is 3.25. The molecule has 0 saturated heterocycles. The van der Waals surface area contributed by atoms with Gasteiger partial charge in [-0.15, -0.1) is 0 Å². The highest BCUT2D eigenvalue weighted by Crippen LogP contribution is 2.30. The molecular formula is C26H28Cl2N2O4. The van der Waals surface area contributed by atoms with E-state index in [0.717, 1.165) is 42.3 Å². The van der Waals surface area contributed by atoms with E-state index in [2.05, 4.69) is 5.32 Å². The number of carbonyl (C=O) groups excluding carboxylic acids is 2. The summed E-state index contributed by atoms with van der Waals surface area (Å²) in [7, 11) is 1.43. The normalized spacial score (nSPS) is 18.0. The van der Waals surface area contributed by atoms with Gasteiger partial charge in [-0.1, -0.05) is 23.2 Å². The molecule has 1 amide bonds. The third-order valence-corrected chi connectivity index (χ3v) is 6.89. The van der Waals surface area contributed by atoms with Gasteiger partial charge in [0.05, 0.1) is 30.7 Å². The largest absolute Gasteiger partial charge is 0.492 e. The fourth-order valence-electron chi connectivity index (χ4n) is 4.57. The predicted octanol–water partition coefficient (Wildman–Crippen LogP) is 5.74. The molecule has 1 heterocycles. The van der Waals surface area contributed by atoms with Gasteiger partial charge in [-0.25, -0.2) is 0 Å². The molecule has 0 bridgehead atoms. The second-order valence-electron chi connectivity index (χ2n) is 8.65. The van der Waals surface area contributed by atoms with E-state index in [4.69, 9.17) is 32.7 Å². The van der Waals surface area contributed by atoms with Gasteiger partial charge in [0, 0.05) is 28.2 Å². The molecule has 1 N–H and O–H groups in total. The predicted molar refractivity (Wildman–Crippen MR) is 134 cm³/mol. The number of benzene rings is 2. The Morgan fingerprint density at radius 2 is 1.76 bits per heavy atom. The molecule has 1 saturated carbocycles. The van der Waals surface area contributed by atoms with E-state index < -0.39 is 0 Å². The van der Waals surface area contributed by atoms with E-state index in [1.54, 1.807) is 18.2 Å². The molecule has 4 rings (SSSR count). The van der Waals surface area contributed by atoms with Crippen LogP contribution < -0.4 is 10.1 Å². The second kappa shape index (κ2) is 11.2. The summed E-state index contributed by atoms with van der Waals surface area (Å²) in [5, 5.41) is 5.16. The van der Waals surface area contributed by atoms with Gasteiger partial charge in [0.1, 0.15) is 12.4 Å². The Bertz CT molecular complexity index is 1150. The van der Waals surface area contributed by atoms with Crippen molar-refractivity contribution in [3.05, 3.63) is 64.3 Å². The fraction of sp³-hybridized carbons (Fsp3) is 0.385. The topological polar surface area (TPSA) is 69.6 Å². The first-order chi connectivity index (χ1) is 16.4. The van der Waals surface area contributed by atoms with Crippen LogP contribution in [0.3, 0.4) is 0 Å². The highest BCUT2D eigenvalue weighted by Gasteiger charge is 2.27. The van der Waals surface area contributed by atoms with Crippen molar-refractivity contribution in [2.24, 2.45) is 11.8 Å². The highest BCUT2D eigenvalue weighted by atomic mass is 35.5. The van der Waals surface area contributed by atoms with Crippen LogP contribution in [0.4, 0.5) is 0 Å². The standard InChI is InChI=1S/C26H28Cl2N2O4/c1-33-26(32)18-4-2-17(3-5-18)16-29-25(31)23-15-21(28)14-19-10-11-30(24(19)23)12-13-34-22-8-6-20(27)7-9-22/h6-11,14-15,17-18H,2-5,12-13,16H2,1H3,(H,29,31). The lowest BCUT2D eigenvalue weighted by Gasteiger charge is -2.27. The van der Waals surface area contributed by atoms with Crippen LogP contribution in [0.25, 0.3) is 10.9 Å². The van der Waals surface area contributed by atoms with Crippen LogP contribution in [0.5, 0.6) is 5.75 Å². The maximum Gasteiger partial charge on any atom is 0.308 e. The van der Waals surface area contributed by atoms with Gasteiger partial charge in [0.25, 0.3) is 5.91 Å². The molecule has 1 aromatic heterocycles. The van der Waals surface area contributed by atoms with Crippen molar-refractivity contribution in [1.82, 2.24) is 9.88 Å². The number of methoxy groups -OCH3 is 1. The summed E-state index contributed by atoms with van der Waals surface area (Å²) in [4.78, 5) is 24.9. The Morgan fingerprint density at radius 3 is 2.47 bits per heavy atom. The lowest BCUT2D eigenvalue weighted by atomic mass is 9.82. The first-order valence-corrected chi connectivity index (χ1v) is 12.2. The maximum absolute atomic E-state index is 13.1. The Morgan fingerprint density at radius 1 is 1.03 bits per heavy atom. The number of amides is 1. The lowest BCUT2D eigenvalue weighted by Crippen LogP contribution is -2.33. The smallest absolute Gasteiger partial charge is 0.308 e. The van der Waals surface area contributed by atoms with Gasteiger partial charge in [0.15, 0.2) is 0 Å². The van der Waals surface area contributed by atoms with Crippen molar-refractivity contribution in [3.63, 3.8) is 0 Å². The molecule has 0 radical (unpaired) electrons. The minimum Gasteiger partial charge on any atom is -0.492 e. The molecule has 0 unspecified atom stereocenters. The third kappa shape index (κ3) is 5.86. The number of nitrogens with zero attached hydrogens (tertiary/aromatic N) is 1. The number of rotatable bonds is 8. The van der Waals surface area contributed by atoms with Crippen LogP contribution in [0.1, 0.15) is 36.0 Å². The van der Waals surface area contributed by atoms with Gasteiger partial charge in [0.2, 0.25) is 0 Å². The molecule has 8 heteroatoms. The molecule has 6 nitrogen and oxygen atoms in total. The van der Waals surface area contributed by atoms with Crippen molar-refractivity contribution >= 4 is 46.0 Å². The molecule has 1 aliphatic carbocycles. The number of nitrogens with one attached hydrogen (secondary N) is 1. The minimum absolute atomic E-state index is 0.0251. The minimum atomic E-state index is -0.152. The van der Waals surface area contributed by atoms with E-state index in [1.165, 1.54) is 7.11 Å². The summed E-state index contributed by atoms with van der Waals surface area (Å²) < 4.78 is 12.7. The number of fused-ring (bicyclic) bond motifs is 1. The van der Waals surface area contributed by atoms with E-state index in [0.29, 0.717) is 41.2 Å². The van der Waals surface area contributed by atoms with Crippen molar-refractivity contribution < 1.29 is 19.1 Å². The zero-order valence-corrected chi connectivity index (χ0v) is 20.6. The van der Waals surface area contributed by atoms with Crippen LogP contribution >= 0.6 is 23.2 Å². The Labute approximate surface area is 209 Å². The zero-order chi connectivity index (χ0) is 24.1. The number of aromatic nitrogens is 1. The van der Waals surface area contributed by atoms with Gasteiger partial charge >= 0.3 is 5.97 Å². The van der Waals surface area contributed by atoms with Crippen molar-refractivity contribution in [2.45, 2.75) is 32.2 Å². The Balaban J connectivity index is 1.40. The molecule has 1 fully saturated rings. The summed E-state index contributed by atoms with van der Waals surface area (Å²) in [6.07, 6.45) is 5.32. The van der Waals surface area contributed by atoms with Crippen LogP contribution in [0, 0.1) is 11.8 Å². The van der Waals surface area contributed by atoms with E-state index in [-0.39, 0.29) is 17.8 Å². The van der Waals surface area contributed by atoms with Crippen LogP contribution in [0.15, 0.2) is 48.7 Å². The van der Waals surface area contributed by atoms with Gasteiger partial charge in [-0.05, 0) is 74.1 Å². The number of carbonyl (C=O) groups is 2. The Hall–Kier alpha value is -2.70.